The maximum Gasteiger partial charge on any atom is 0.416 e. The van der Waals surface area contributed by atoms with Gasteiger partial charge >= 0.3 is 49.4 Å². The Morgan fingerprint density at radius 3 is 0.713 bits per heavy atom. The molecule has 0 aliphatic heterocycles. The van der Waals surface area contributed by atoms with Crippen molar-refractivity contribution in [3.8, 4) is 6.07 Å². The second-order valence-corrected chi connectivity index (χ2v) is 22.8. The largest absolute Gasteiger partial charge is 0.416 e. The van der Waals surface area contributed by atoms with Gasteiger partial charge < -0.3 is 0 Å². The van der Waals surface area contributed by atoms with E-state index in [0.29, 0.717) is 17.3 Å². The molecule has 0 bridgehead atoms. The van der Waals surface area contributed by atoms with E-state index >= 15 is 0 Å². The molecular formula is C59H33BF24NOP. The number of carbonyl (C=O) groups is 1. The monoisotopic (exact) mass is 1270 g/mol. The molecule has 0 atom stereocenters. The number of benzene rings is 8. The summed E-state index contributed by atoms with van der Waals surface area (Å²) in [6, 6.07) is 31.4. The molecule has 87 heavy (non-hydrogen) atoms. The van der Waals surface area contributed by atoms with Crippen molar-refractivity contribution in [3.05, 3.63) is 244 Å². The highest BCUT2D eigenvalue weighted by atomic mass is 31.2. The minimum atomic E-state index is -6.13. The van der Waals surface area contributed by atoms with Gasteiger partial charge in [-0.3, -0.25) is 4.79 Å². The highest BCUT2D eigenvalue weighted by Crippen LogP contribution is 2.56. The normalized spacial score (nSPS) is 13.1. The van der Waals surface area contributed by atoms with E-state index in [1.54, 1.807) is 24.3 Å². The fourth-order valence-electron chi connectivity index (χ4n) is 9.88. The van der Waals surface area contributed by atoms with Gasteiger partial charge in [-0.1, -0.05) is 103 Å². The van der Waals surface area contributed by atoms with Gasteiger partial charge in [-0.15, -0.1) is 0 Å². The molecule has 8 rings (SSSR count). The van der Waals surface area contributed by atoms with Crippen molar-refractivity contribution in [2.75, 3.05) is 6.16 Å². The van der Waals surface area contributed by atoms with Crippen LogP contribution in [0.1, 0.15) is 60.4 Å². The highest BCUT2D eigenvalue weighted by Gasteiger charge is 2.49. The lowest BCUT2D eigenvalue weighted by Crippen LogP contribution is -2.75. The number of halogens is 24. The molecule has 0 spiro atoms. The first-order valence-corrected chi connectivity index (χ1v) is 26.4. The summed E-state index contributed by atoms with van der Waals surface area (Å²) in [5.41, 5.74) is -29.0. The van der Waals surface area contributed by atoms with Crippen molar-refractivity contribution >= 4 is 57.0 Å². The number of alkyl halides is 24. The third kappa shape index (κ3) is 14.6. The fraction of sp³-hybridized carbons (Fsp3) is 0.153. The Bertz CT molecular complexity index is 3270. The van der Waals surface area contributed by atoms with Crippen molar-refractivity contribution in [1.29, 1.82) is 5.26 Å². The predicted octanol–water partition coefficient (Wildman–Crippen LogP) is 15.9. The molecule has 28 heteroatoms. The van der Waals surface area contributed by atoms with Crippen molar-refractivity contribution in [2.45, 2.75) is 49.4 Å². The van der Waals surface area contributed by atoms with E-state index in [4.69, 9.17) is 5.26 Å². The standard InChI is InChI=1S/C32H12BF24.C27H21NOP/c34-25(35,36)13-1-14(26(37,38)39)6-21(5-13)33(22-7-15(27(40,41)42)2-16(8-22)28(43,44)45,23-9-17(29(46,47)48)3-18(10-23)30(49,50)51)24-11-19(31(52,53)54)4-20(12-24)32(55,56)57;28-20-22-16-18-23(19-17-22)27(29)21-30(24-10-4-1-5-11-24,25-12-6-2-7-13-25)26-14-8-3-9-15-26/h1-12H;1-19H,21H2/q-1;+1. The van der Waals surface area contributed by atoms with Gasteiger partial charge in [-0.05, 0) is 84.9 Å². The molecule has 0 aliphatic rings. The van der Waals surface area contributed by atoms with Crippen LogP contribution >= 0.6 is 7.26 Å². The quantitative estimate of drug-likeness (QED) is 0.0593. The van der Waals surface area contributed by atoms with E-state index in [2.05, 4.69) is 42.5 Å². The van der Waals surface area contributed by atoms with E-state index in [-0.39, 0.29) is 5.78 Å². The van der Waals surface area contributed by atoms with E-state index in [0.717, 1.165) is 0 Å². The minimum absolute atomic E-state index is 0.0874. The minimum Gasteiger partial charge on any atom is -0.290 e. The molecule has 456 valence electrons. The lowest BCUT2D eigenvalue weighted by Gasteiger charge is -2.46. The van der Waals surface area contributed by atoms with Crippen LogP contribution in [-0.2, 0) is 49.4 Å². The zero-order valence-electron chi connectivity index (χ0n) is 43.1. The first-order chi connectivity index (χ1) is 40.0. The van der Waals surface area contributed by atoms with Crippen LogP contribution in [0.5, 0.6) is 0 Å². The van der Waals surface area contributed by atoms with Crippen LogP contribution < -0.4 is 37.8 Å². The molecule has 0 fully saturated rings. The lowest BCUT2D eigenvalue weighted by molar-refractivity contribution is -0.144. The Balaban J connectivity index is 0.000000300. The van der Waals surface area contributed by atoms with Crippen LogP contribution in [0.3, 0.4) is 0 Å². The maximum absolute atomic E-state index is 14.2. The maximum atomic E-state index is 14.2. The predicted molar refractivity (Wildman–Crippen MR) is 276 cm³/mol. The lowest BCUT2D eigenvalue weighted by atomic mass is 9.12. The molecule has 8 aromatic carbocycles. The van der Waals surface area contributed by atoms with E-state index < -0.39 is 202 Å². The summed E-state index contributed by atoms with van der Waals surface area (Å²) in [6.07, 6.45) is -54.4. The van der Waals surface area contributed by atoms with Gasteiger partial charge in [0.15, 0.2) is 0 Å². The van der Waals surface area contributed by atoms with Crippen LogP contribution in [0, 0.1) is 11.3 Å². The number of rotatable bonds is 10. The third-order valence-corrected chi connectivity index (χ3v) is 18.0. The molecule has 8 aromatic rings. The van der Waals surface area contributed by atoms with Gasteiger partial charge in [-0.2, -0.15) is 132 Å². The van der Waals surface area contributed by atoms with Crippen molar-refractivity contribution in [3.63, 3.8) is 0 Å². The fourth-order valence-corrected chi connectivity index (χ4v) is 14.0. The Morgan fingerprint density at radius 1 is 0.322 bits per heavy atom. The number of ketones is 1. The van der Waals surface area contributed by atoms with Crippen molar-refractivity contribution in [1.82, 2.24) is 0 Å². The van der Waals surface area contributed by atoms with Crippen LogP contribution in [0.15, 0.2) is 188 Å². The number of nitrogens with zero attached hydrogens (tertiary/aromatic N) is 1. The summed E-state index contributed by atoms with van der Waals surface area (Å²) in [5, 5.41) is 12.6. The van der Waals surface area contributed by atoms with Gasteiger partial charge in [0.2, 0.25) is 5.78 Å². The first-order valence-electron chi connectivity index (χ1n) is 24.4. The number of nitriles is 1. The Hall–Kier alpha value is -8.27. The second kappa shape index (κ2) is 23.8. The van der Waals surface area contributed by atoms with Crippen molar-refractivity contribution < 1.29 is 110 Å². The van der Waals surface area contributed by atoms with Gasteiger partial charge in [0, 0.05) is 5.56 Å². The summed E-state index contributed by atoms with van der Waals surface area (Å²) in [6.45, 7) is 0. The first kappa shape index (κ1) is 66.3. The molecule has 0 saturated heterocycles. The third-order valence-electron chi connectivity index (χ3n) is 13.7. The molecule has 0 aromatic heterocycles. The van der Waals surface area contributed by atoms with Gasteiger partial charge in [0.25, 0.3) is 0 Å². The highest BCUT2D eigenvalue weighted by molar-refractivity contribution is 7.96. The van der Waals surface area contributed by atoms with Crippen LogP contribution in [-0.4, -0.2) is 18.1 Å². The topological polar surface area (TPSA) is 40.9 Å². The molecular weight excluding hydrogens is 1240 g/mol. The van der Waals surface area contributed by atoms with Gasteiger partial charge in [0.1, 0.15) is 35.5 Å². The Morgan fingerprint density at radius 2 is 0.529 bits per heavy atom. The summed E-state index contributed by atoms with van der Waals surface area (Å²) in [5.74, 6) is 0.0874. The van der Waals surface area contributed by atoms with E-state index in [9.17, 15) is 110 Å². The smallest absolute Gasteiger partial charge is 0.290 e. The SMILES string of the molecule is FC(F)(F)c1cc([B-](c2cc(C(F)(F)F)cc(C(F)(F)F)c2)(c2cc(C(F)(F)F)cc(C(F)(F)F)c2)c2cc(C(F)(F)F)cc(C(F)(F)F)c2)cc(C(F)(F)F)c1.N#Cc1ccc(C(=O)C[P+](c2ccccc2)(c2ccccc2)c2ccccc2)cc1. The van der Waals surface area contributed by atoms with Crippen LogP contribution in [0.2, 0.25) is 0 Å². The zero-order chi connectivity index (χ0) is 64.7. The molecule has 0 saturated carbocycles. The molecule has 2 nitrogen and oxygen atoms in total. The molecule has 0 amide bonds. The number of hydrogen-bond acceptors (Lipinski definition) is 2. The number of hydrogen-bond donors (Lipinski definition) is 0. The summed E-state index contributed by atoms with van der Waals surface area (Å²) >= 11 is 0. The van der Waals surface area contributed by atoms with Crippen LogP contribution in [0.25, 0.3) is 0 Å². The van der Waals surface area contributed by atoms with Gasteiger partial charge in [0.05, 0.1) is 56.1 Å². The number of carbonyl (C=O) groups excluding carboxylic acids is 1. The Labute approximate surface area is 476 Å². The van der Waals surface area contributed by atoms with Gasteiger partial charge in [-0.25, -0.2) is 0 Å². The molecule has 0 unspecified atom stereocenters. The van der Waals surface area contributed by atoms with E-state index in [1.807, 2.05) is 54.6 Å². The molecule has 0 aliphatic carbocycles. The Kier molecular flexibility index (Phi) is 18.1. The molecule has 0 N–H and O–H groups in total. The van der Waals surface area contributed by atoms with Crippen molar-refractivity contribution in [2.24, 2.45) is 0 Å². The van der Waals surface area contributed by atoms with Crippen LogP contribution in [0.4, 0.5) is 105 Å². The summed E-state index contributed by atoms with van der Waals surface area (Å²) < 4.78 is 341. The van der Waals surface area contributed by atoms with E-state index in [1.165, 1.54) is 15.9 Å². The summed E-state index contributed by atoms with van der Waals surface area (Å²) in [7, 11) is -2.21. The molecule has 0 heterocycles. The second-order valence-electron chi connectivity index (χ2n) is 19.3. The average Bonchev–Trinajstić information content (AvgIpc) is 0.720. The zero-order valence-corrected chi connectivity index (χ0v) is 44.0. The number of Topliss-reactive ketones (excluding diaryl/α,β-unsaturated/α-hetero) is 1. The summed E-state index contributed by atoms with van der Waals surface area (Å²) in [4.78, 5) is 13.5. The molecule has 0 radical (unpaired) electrons. The average molecular weight is 1270 g/mol.